The minimum absolute atomic E-state index is 0.215. The highest BCUT2D eigenvalue weighted by atomic mass is 35.5. The maximum absolute atomic E-state index is 11.1. The van der Waals surface area contributed by atoms with Crippen molar-refractivity contribution in [2.24, 2.45) is 0 Å². The van der Waals surface area contributed by atoms with Crippen molar-refractivity contribution in [2.45, 2.75) is 6.92 Å². The van der Waals surface area contributed by atoms with Gasteiger partial charge in [0.1, 0.15) is 10.6 Å². The highest BCUT2D eigenvalue weighted by molar-refractivity contribution is 7.20. The lowest BCUT2D eigenvalue weighted by Crippen LogP contribution is -2.37. The van der Waals surface area contributed by atoms with Crippen LogP contribution < -0.4 is 4.90 Å². The Labute approximate surface area is 119 Å². The van der Waals surface area contributed by atoms with Gasteiger partial charge in [-0.2, -0.15) is 4.98 Å². The van der Waals surface area contributed by atoms with Gasteiger partial charge in [-0.05, 0) is 24.1 Å². The van der Waals surface area contributed by atoms with Crippen molar-refractivity contribution >= 4 is 45.3 Å². The number of halogens is 1. The summed E-state index contributed by atoms with van der Waals surface area (Å²) >= 11 is 7.34. The highest BCUT2D eigenvalue weighted by Crippen LogP contribution is 2.35. The molecule has 7 heteroatoms. The van der Waals surface area contributed by atoms with Gasteiger partial charge in [0, 0.05) is 13.1 Å². The molecular weight excluding hydrogens is 286 g/mol. The smallest absolute Gasteiger partial charge is 0.225 e. The van der Waals surface area contributed by atoms with Gasteiger partial charge in [-0.1, -0.05) is 0 Å². The van der Waals surface area contributed by atoms with Crippen LogP contribution in [0.3, 0.4) is 0 Å². The molecule has 0 unspecified atom stereocenters. The van der Waals surface area contributed by atoms with E-state index in [0.29, 0.717) is 18.1 Å². The minimum Gasteiger partial charge on any atom is -0.378 e. The Bertz CT molecular complexity index is 637. The number of aromatic nitrogens is 2. The van der Waals surface area contributed by atoms with Gasteiger partial charge in [-0.3, -0.25) is 4.79 Å². The number of fused-ring (bicyclic) bond motifs is 1. The van der Waals surface area contributed by atoms with Crippen LogP contribution >= 0.6 is 22.9 Å². The van der Waals surface area contributed by atoms with Crippen molar-refractivity contribution in [3.05, 3.63) is 15.7 Å². The van der Waals surface area contributed by atoms with Crippen LogP contribution in [0.2, 0.25) is 5.28 Å². The summed E-state index contributed by atoms with van der Waals surface area (Å²) in [6.07, 6.45) is 0.860. The molecule has 1 aliphatic heterocycles. The number of hydrogen-bond acceptors (Lipinski definition) is 6. The molecule has 19 heavy (non-hydrogen) atoms. The standard InChI is InChI=1S/C12H12ClN3O2S/c1-7-8(6-17)19-11-9(7)10(14-12(13)15-11)16-2-4-18-5-3-16/h6H,2-5H2,1H3. The number of morpholine rings is 1. The van der Waals surface area contributed by atoms with Crippen molar-refractivity contribution in [3.8, 4) is 0 Å². The maximum Gasteiger partial charge on any atom is 0.225 e. The van der Waals surface area contributed by atoms with Gasteiger partial charge in [-0.25, -0.2) is 4.98 Å². The van der Waals surface area contributed by atoms with Gasteiger partial charge in [0.15, 0.2) is 6.29 Å². The summed E-state index contributed by atoms with van der Waals surface area (Å²) in [6.45, 7) is 4.81. The fourth-order valence-electron chi connectivity index (χ4n) is 2.23. The summed E-state index contributed by atoms with van der Waals surface area (Å²) in [5.74, 6) is 0.806. The van der Waals surface area contributed by atoms with E-state index in [4.69, 9.17) is 16.3 Å². The molecule has 0 N–H and O–H groups in total. The number of aldehydes is 1. The monoisotopic (exact) mass is 297 g/mol. The predicted molar refractivity (Wildman–Crippen MR) is 75.6 cm³/mol. The molecule has 3 heterocycles. The lowest BCUT2D eigenvalue weighted by molar-refractivity contribution is 0.112. The van der Waals surface area contributed by atoms with Crippen molar-refractivity contribution < 1.29 is 9.53 Å². The van der Waals surface area contributed by atoms with Crippen molar-refractivity contribution in [1.29, 1.82) is 0 Å². The van der Waals surface area contributed by atoms with Crippen LogP contribution in [0.15, 0.2) is 0 Å². The fourth-order valence-corrected chi connectivity index (χ4v) is 3.43. The van der Waals surface area contributed by atoms with Crippen molar-refractivity contribution in [3.63, 3.8) is 0 Å². The number of aryl methyl sites for hydroxylation is 1. The Morgan fingerprint density at radius 3 is 2.79 bits per heavy atom. The van der Waals surface area contributed by atoms with Gasteiger partial charge in [0.05, 0.1) is 23.5 Å². The van der Waals surface area contributed by atoms with E-state index in [-0.39, 0.29) is 5.28 Å². The van der Waals surface area contributed by atoms with E-state index in [1.54, 1.807) is 0 Å². The Morgan fingerprint density at radius 1 is 1.37 bits per heavy atom. The second-order valence-electron chi connectivity index (χ2n) is 4.30. The lowest BCUT2D eigenvalue weighted by Gasteiger charge is -2.28. The third-order valence-electron chi connectivity index (χ3n) is 3.20. The Hall–Kier alpha value is -1.24. The Morgan fingerprint density at radius 2 is 2.11 bits per heavy atom. The average Bonchev–Trinajstić information content (AvgIpc) is 2.75. The number of carbonyl (C=O) groups is 1. The zero-order chi connectivity index (χ0) is 13.4. The number of ether oxygens (including phenoxy) is 1. The minimum atomic E-state index is 0.215. The largest absolute Gasteiger partial charge is 0.378 e. The number of carbonyl (C=O) groups excluding carboxylic acids is 1. The predicted octanol–water partition coefficient (Wildman–Crippen LogP) is 2.30. The van der Waals surface area contributed by atoms with Gasteiger partial charge in [-0.15, -0.1) is 11.3 Å². The van der Waals surface area contributed by atoms with Gasteiger partial charge < -0.3 is 9.64 Å². The van der Waals surface area contributed by atoms with Crippen LogP contribution in [-0.4, -0.2) is 42.6 Å². The Balaban J connectivity index is 2.21. The molecule has 100 valence electrons. The zero-order valence-electron chi connectivity index (χ0n) is 10.4. The molecule has 1 fully saturated rings. The molecule has 1 aliphatic rings. The number of thiophene rings is 1. The van der Waals surface area contributed by atoms with Gasteiger partial charge in [0.2, 0.25) is 5.28 Å². The maximum atomic E-state index is 11.1. The van der Waals surface area contributed by atoms with E-state index in [2.05, 4.69) is 14.9 Å². The first kappa shape index (κ1) is 12.8. The molecule has 3 rings (SSSR count). The van der Waals surface area contributed by atoms with E-state index in [0.717, 1.165) is 41.0 Å². The number of hydrogen-bond donors (Lipinski definition) is 0. The number of anilines is 1. The normalized spacial score (nSPS) is 16.0. The first-order valence-electron chi connectivity index (χ1n) is 5.95. The number of rotatable bonds is 2. The third-order valence-corrected chi connectivity index (χ3v) is 4.48. The number of nitrogens with zero attached hydrogens (tertiary/aromatic N) is 3. The first-order chi connectivity index (χ1) is 9.20. The SMILES string of the molecule is Cc1c(C=O)sc2nc(Cl)nc(N3CCOCC3)c12. The van der Waals surface area contributed by atoms with Crippen LogP contribution in [0.25, 0.3) is 10.2 Å². The molecule has 2 aromatic rings. The molecule has 0 saturated carbocycles. The van der Waals surface area contributed by atoms with Crippen LogP contribution in [0, 0.1) is 6.92 Å². The zero-order valence-corrected chi connectivity index (χ0v) is 11.9. The van der Waals surface area contributed by atoms with E-state index < -0.39 is 0 Å². The topological polar surface area (TPSA) is 55.3 Å². The van der Waals surface area contributed by atoms with E-state index in [1.807, 2.05) is 6.92 Å². The van der Waals surface area contributed by atoms with Crippen LogP contribution in [-0.2, 0) is 4.74 Å². The summed E-state index contributed by atoms with van der Waals surface area (Å²) in [4.78, 5) is 23.2. The molecule has 1 saturated heterocycles. The highest BCUT2D eigenvalue weighted by Gasteiger charge is 2.21. The molecule has 0 aromatic carbocycles. The molecule has 0 bridgehead atoms. The van der Waals surface area contributed by atoms with Gasteiger partial charge >= 0.3 is 0 Å². The average molecular weight is 298 g/mol. The molecule has 0 amide bonds. The van der Waals surface area contributed by atoms with Crippen LogP contribution in [0.1, 0.15) is 15.2 Å². The Kier molecular flexibility index (Phi) is 3.38. The summed E-state index contributed by atoms with van der Waals surface area (Å²) in [5.41, 5.74) is 0.924. The molecule has 2 aromatic heterocycles. The lowest BCUT2D eigenvalue weighted by atomic mass is 10.2. The van der Waals surface area contributed by atoms with Crippen LogP contribution in [0.4, 0.5) is 5.82 Å². The summed E-state index contributed by atoms with van der Waals surface area (Å²) < 4.78 is 5.35. The molecule has 0 spiro atoms. The van der Waals surface area contributed by atoms with Crippen molar-refractivity contribution in [2.75, 3.05) is 31.2 Å². The summed E-state index contributed by atoms with van der Waals surface area (Å²) in [7, 11) is 0. The second kappa shape index (κ2) is 5.03. The van der Waals surface area contributed by atoms with E-state index in [9.17, 15) is 4.79 Å². The molecule has 0 radical (unpaired) electrons. The third kappa shape index (κ3) is 2.20. The second-order valence-corrected chi connectivity index (χ2v) is 5.67. The van der Waals surface area contributed by atoms with Crippen LogP contribution in [0.5, 0.6) is 0 Å². The quantitative estimate of drug-likeness (QED) is 0.629. The van der Waals surface area contributed by atoms with E-state index in [1.165, 1.54) is 11.3 Å². The molecule has 0 aliphatic carbocycles. The summed E-state index contributed by atoms with van der Waals surface area (Å²) in [5, 5.41) is 1.14. The fraction of sp³-hybridized carbons (Fsp3) is 0.417. The molecular formula is C12H12ClN3O2S. The van der Waals surface area contributed by atoms with E-state index >= 15 is 0 Å². The van der Waals surface area contributed by atoms with Crippen molar-refractivity contribution in [1.82, 2.24) is 9.97 Å². The molecule has 5 nitrogen and oxygen atoms in total. The summed E-state index contributed by atoms with van der Waals surface area (Å²) in [6, 6.07) is 0. The first-order valence-corrected chi connectivity index (χ1v) is 7.14. The van der Waals surface area contributed by atoms with Gasteiger partial charge in [0.25, 0.3) is 0 Å². The molecule has 0 atom stereocenters.